The van der Waals surface area contributed by atoms with Crippen LogP contribution >= 0.6 is 0 Å². The Morgan fingerprint density at radius 2 is 1.68 bits per heavy atom. The molecule has 0 bridgehead atoms. The fourth-order valence-corrected chi connectivity index (χ4v) is 4.06. The van der Waals surface area contributed by atoms with Crippen molar-refractivity contribution in [2.75, 3.05) is 26.2 Å². The molecule has 9 heteroatoms. The summed E-state index contributed by atoms with van der Waals surface area (Å²) in [5.41, 5.74) is 1.44. The first kappa shape index (κ1) is 22.9. The van der Waals surface area contributed by atoms with E-state index < -0.39 is 17.7 Å². The van der Waals surface area contributed by atoms with Gasteiger partial charge >= 0.3 is 5.91 Å². The summed E-state index contributed by atoms with van der Waals surface area (Å²) in [4.78, 5) is 27.7. The number of carbonyl (C=O) groups excluding carboxylic acids is 2. The molecule has 1 amide bonds. The lowest BCUT2D eigenvalue weighted by molar-refractivity contribution is -0.132. The number of benzene rings is 2. The molecule has 1 aliphatic rings. The number of hydrogen-bond acceptors (Lipinski definition) is 8. The highest BCUT2D eigenvalue weighted by Crippen LogP contribution is 2.45. The summed E-state index contributed by atoms with van der Waals surface area (Å²) < 4.78 is 21.3. The molecule has 34 heavy (non-hydrogen) atoms. The van der Waals surface area contributed by atoms with Crippen molar-refractivity contribution in [2.24, 2.45) is 0 Å². The summed E-state index contributed by atoms with van der Waals surface area (Å²) in [7, 11) is 4.52. The van der Waals surface area contributed by atoms with Crippen molar-refractivity contribution < 1.29 is 33.4 Å². The second-order valence-electron chi connectivity index (χ2n) is 7.76. The van der Waals surface area contributed by atoms with Crippen LogP contribution in [0.15, 0.2) is 52.6 Å². The van der Waals surface area contributed by atoms with Gasteiger partial charge in [0.25, 0.3) is 5.78 Å². The number of carbonyl (C=O) groups is 2. The zero-order valence-electron chi connectivity index (χ0n) is 19.4. The number of aryl methyl sites for hydroxylation is 2. The number of Topliss-reactive ketones (excluding diaryl/α,β-unsaturated/α-hetero) is 1. The first-order chi connectivity index (χ1) is 16.3. The monoisotopic (exact) mass is 464 g/mol. The molecular weight excluding hydrogens is 440 g/mol. The van der Waals surface area contributed by atoms with E-state index in [1.54, 1.807) is 56.5 Å². The van der Waals surface area contributed by atoms with Crippen molar-refractivity contribution >= 4 is 23.3 Å². The number of rotatable bonds is 6. The van der Waals surface area contributed by atoms with Gasteiger partial charge < -0.3 is 23.8 Å². The second kappa shape index (κ2) is 8.93. The normalized spacial score (nSPS) is 17.2. The van der Waals surface area contributed by atoms with Gasteiger partial charge in [0.1, 0.15) is 34.8 Å². The number of aliphatic hydroxyl groups is 1. The lowest BCUT2D eigenvalue weighted by Gasteiger charge is -2.25. The predicted octanol–water partition coefficient (Wildman–Crippen LogP) is 3.94. The minimum Gasteiger partial charge on any atom is -0.507 e. The third-order valence-corrected chi connectivity index (χ3v) is 5.71. The van der Waals surface area contributed by atoms with Crippen LogP contribution in [0.1, 0.15) is 28.5 Å². The van der Waals surface area contributed by atoms with E-state index in [1.165, 1.54) is 19.1 Å². The standard InChI is InChI=1S/C25H24N2O7/c1-13-10-15(6-8-18(13)32-4)23(28)21-22(17-12-16(31-3)7-9-19(17)33-5)27(25(30)24(21)29)20-11-14(2)34-26-20/h6-12,22,28H,1-5H3/b23-21+/t22-/m1/s1. The number of hydrogen-bond donors (Lipinski definition) is 1. The molecule has 0 aliphatic carbocycles. The first-order valence-electron chi connectivity index (χ1n) is 10.4. The van der Waals surface area contributed by atoms with Crippen molar-refractivity contribution in [3.05, 3.63) is 70.5 Å². The molecule has 1 atom stereocenters. The van der Waals surface area contributed by atoms with Gasteiger partial charge in [-0.2, -0.15) is 0 Å². The predicted molar refractivity (Wildman–Crippen MR) is 123 cm³/mol. The Balaban J connectivity index is 2.00. The van der Waals surface area contributed by atoms with Crippen LogP contribution in [0, 0.1) is 13.8 Å². The van der Waals surface area contributed by atoms with Crippen molar-refractivity contribution in [1.82, 2.24) is 5.16 Å². The van der Waals surface area contributed by atoms with Gasteiger partial charge in [-0.15, -0.1) is 0 Å². The van der Waals surface area contributed by atoms with Crippen molar-refractivity contribution in [1.29, 1.82) is 0 Å². The van der Waals surface area contributed by atoms with E-state index in [0.29, 0.717) is 34.1 Å². The van der Waals surface area contributed by atoms with Gasteiger partial charge in [-0.05, 0) is 55.8 Å². The van der Waals surface area contributed by atoms with Crippen LogP contribution in [0.25, 0.3) is 5.76 Å². The number of amides is 1. The SMILES string of the molecule is COc1ccc(OC)c([C@@H]2/C(=C(\O)c3ccc(OC)c(C)c3)C(=O)C(=O)N2c2cc(C)on2)c1. The molecule has 1 aliphatic heterocycles. The molecule has 4 rings (SSSR count). The minimum absolute atomic E-state index is 0.109. The largest absolute Gasteiger partial charge is 0.507 e. The highest BCUT2D eigenvalue weighted by Gasteiger charge is 2.49. The fraction of sp³-hybridized carbons (Fsp3) is 0.240. The minimum atomic E-state index is -1.04. The number of methoxy groups -OCH3 is 3. The van der Waals surface area contributed by atoms with Gasteiger partial charge in [0.05, 0.1) is 26.9 Å². The Hall–Kier alpha value is -4.27. The Morgan fingerprint density at radius 1 is 0.971 bits per heavy atom. The van der Waals surface area contributed by atoms with Gasteiger partial charge in [-0.3, -0.25) is 14.5 Å². The summed E-state index contributed by atoms with van der Waals surface area (Å²) in [5.74, 6) is 0.0606. The van der Waals surface area contributed by atoms with Gasteiger partial charge in [-0.25, -0.2) is 0 Å². The maximum absolute atomic E-state index is 13.3. The van der Waals surface area contributed by atoms with Crippen LogP contribution in [0.2, 0.25) is 0 Å². The molecule has 2 aromatic carbocycles. The number of anilines is 1. The van der Waals surface area contributed by atoms with Crippen molar-refractivity contribution in [3.8, 4) is 17.2 Å². The molecule has 2 heterocycles. The lowest BCUT2D eigenvalue weighted by atomic mass is 9.94. The third kappa shape index (κ3) is 3.75. The Bertz CT molecular complexity index is 1310. The maximum atomic E-state index is 13.3. The summed E-state index contributed by atoms with van der Waals surface area (Å²) in [6.07, 6.45) is 0. The average Bonchev–Trinajstić information content (AvgIpc) is 3.38. The molecule has 176 valence electrons. The van der Waals surface area contributed by atoms with E-state index in [2.05, 4.69) is 5.16 Å². The molecular formula is C25H24N2O7. The molecule has 0 saturated carbocycles. The summed E-state index contributed by atoms with van der Waals surface area (Å²) >= 11 is 0. The van der Waals surface area contributed by atoms with Crippen molar-refractivity contribution in [2.45, 2.75) is 19.9 Å². The quantitative estimate of drug-likeness (QED) is 0.332. The molecule has 3 aromatic rings. The molecule has 1 saturated heterocycles. The number of aromatic nitrogens is 1. The van der Waals surface area contributed by atoms with E-state index >= 15 is 0 Å². The van der Waals surface area contributed by atoms with Gasteiger partial charge in [-0.1, -0.05) is 5.16 Å². The van der Waals surface area contributed by atoms with Crippen LogP contribution in [-0.4, -0.2) is 43.3 Å². The van der Waals surface area contributed by atoms with E-state index in [4.69, 9.17) is 18.7 Å². The van der Waals surface area contributed by atoms with Crippen molar-refractivity contribution in [3.63, 3.8) is 0 Å². The van der Waals surface area contributed by atoms with Crippen LogP contribution in [0.5, 0.6) is 17.2 Å². The smallest absolute Gasteiger partial charge is 0.301 e. The molecule has 0 unspecified atom stereocenters. The van der Waals surface area contributed by atoms with Crippen LogP contribution in [-0.2, 0) is 9.59 Å². The summed E-state index contributed by atoms with van der Waals surface area (Å²) in [6, 6.07) is 10.5. The lowest BCUT2D eigenvalue weighted by Crippen LogP contribution is -2.30. The van der Waals surface area contributed by atoms with Crippen LogP contribution in [0.4, 0.5) is 5.82 Å². The molecule has 1 N–H and O–H groups in total. The number of ketones is 1. The molecule has 1 fully saturated rings. The first-order valence-corrected chi connectivity index (χ1v) is 10.4. The number of nitrogens with zero attached hydrogens (tertiary/aromatic N) is 2. The maximum Gasteiger partial charge on any atom is 0.301 e. The molecule has 0 radical (unpaired) electrons. The Labute approximate surface area is 196 Å². The highest BCUT2D eigenvalue weighted by atomic mass is 16.5. The van der Waals surface area contributed by atoms with E-state index in [1.807, 2.05) is 6.92 Å². The molecule has 1 aromatic heterocycles. The third-order valence-electron chi connectivity index (χ3n) is 5.71. The topological polar surface area (TPSA) is 111 Å². The van der Waals surface area contributed by atoms with Crippen LogP contribution in [0.3, 0.4) is 0 Å². The zero-order valence-corrected chi connectivity index (χ0v) is 19.4. The highest BCUT2D eigenvalue weighted by molar-refractivity contribution is 6.51. The van der Waals surface area contributed by atoms with Gasteiger partial charge in [0, 0.05) is 17.2 Å². The Kier molecular flexibility index (Phi) is 6.02. The van der Waals surface area contributed by atoms with Gasteiger partial charge in [0.2, 0.25) is 0 Å². The van der Waals surface area contributed by atoms with Crippen LogP contribution < -0.4 is 19.1 Å². The fourth-order valence-electron chi connectivity index (χ4n) is 4.06. The average molecular weight is 464 g/mol. The number of ether oxygens (including phenoxy) is 3. The zero-order chi connectivity index (χ0) is 24.6. The summed E-state index contributed by atoms with van der Waals surface area (Å²) in [5, 5.41) is 15.3. The Morgan fingerprint density at radius 3 is 2.26 bits per heavy atom. The van der Waals surface area contributed by atoms with E-state index in [0.717, 1.165) is 5.56 Å². The van der Waals surface area contributed by atoms with E-state index in [-0.39, 0.29) is 17.2 Å². The van der Waals surface area contributed by atoms with Gasteiger partial charge in [0.15, 0.2) is 5.82 Å². The molecule has 0 spiro atoms. The number of aliphatic hydroxyl groups excluding tert-OH is 1. The van der Waals surface area contributed by atoms with E-state index in [9.17, 15) is 14.7 Å². The second-order valence-corrected chi connectivity index (χ2v) is 7.76. The molecule has 9 nitrogen and oxygen atoms in total. The summed E-state index contributed by atoms with van der Waals surface area (Å²) in [6.45, 7) is 3.49.